The molecular weight excluding hydrogens is 300 g/mol. The Morgan fingerprint density at radius 3 is 2.45 bits per heavy atom. The first-order chi connectivity index (χ1) is 8.77. The Morgan fingerprint density at radius 1 is 1.35 bits per heavy atom. The van der Waals surface area contributed by atoms with Crippen molar-refractivity contribution < 1.29 is 13.2 Å². The van der Waals surface area contributed by atoms with Crippen molar-refractivity contribution in [2.45, 2.75) is 11.8 Å². The zero-order chi connectivity index (χ0) is 14.6. The minimum absolute atomic E-state index is 0. The highest BCUT2D eigenvalue weighted by Gasteiger charge is 2.16. The molecule has 0 spiro atoms. The Labute approximate surface area is 126 Å². The molecule has 0 aromatic heterocycles. The summed E-state index contributed by atoms with van der Waals surface area (Å²) in [6.07, 6.45) is 1.15. The van der Waals surface area contributed by atoms with Gasteiger partial charge >= 0.3 is 0 Å². The summed E-state index contributed by atoms with van der Waals surface area (Å²) in [6, 6.07) is 4.76. The van der Waals surface area contributed by atoms with Gasteiger partial charge in [0, 0.05) is 32.0 Å². The lowest BCUT2D eigenvalue weighted by Crippen LogP contribution is -2.32. The smallest absolute Gasteiger partial charge is 0.253 e. The van der Waals surface area contributed by atoms with Crippen LogP contribution in [0.2, 0.25) is 0 Å². The number of carbonyl (C=O) groups is 1. The van der Waals surface area contributed by atoms with Crippen LogP contribution in [0.4, 0.5) is 0 Å². The van der Waals surface area contributed by atoms with Crippen molar-refractivity contribution in [1.82, 2.24) is 10.2 Å². The monoisotopic (exact) mass is 320 g/mol. The van der Waals surface area contributed by atoms with Crippen molar-refractivity contribution in [2.75, 3.05) is 33.4 Å². The number of hydrogen-bond acceptors (Lipinski definition) is 4. The zero-order valence-corrected chi connectivity index (χ0v) is 13.8. The van der Waals surface area contributed by atoms with Crippen LogP contribution >= 0.6 is 12.4 Å². The van der Waals surface area contributed by atoms with Crippen molar-refractivity contribution in [1.29, 1.82) is 0 Å². The molecule has 7 heteroatoms. The number of rotatable bonds is 5. The number of halogens is 1. The summed E-state index contributed by atoms with van der Waals surface area (Å²) in [5, 5.41) is 2.96. The molecule has 1 N–H and O–H groups in total. The van der Waals surface area contributed by atoms with E-state index in [1.54, 1.807) is 31.0 Å². The molecule has 1 rings (SSSR count). The maximum Gasteiger partial charge on any atom is 0.253 e. The molecule has 0 unspecified atom stereocenters. The van der Waals surface area contributed by atoms with Crippen molar-refractivity contribution in [2.24, 2.45) is 0 Å². The third kappa shape index (κ3) is 4.77. The Kier molecular flexibility index (Phi) is 7.19. The maximum absolute atomic E-state index is 12.1. The Bertz CT molecular complexity index is 573. The summed E-state index contributed by atoms with van der Waals surface area (Å²) in [6.45, 7) is 2.97. The first-order valence-electron chi connectivity index (χ1n) is 5.98. The molecule has 0 bridgehead atoms. The van der Waals surface area contributed by atoms with Gasteiger partial charge in [0.2, 0.25) is 0 Å². The standard InChI is InChI=1S/C13H20N2O3S.ClH/c1-10-5-6-11(9-12(10)19(4,17)18)13(16)15(3)8-7-14-2;/h5-6,9,14H,7-8H2,1-4H3;1H. The SMILES string of the molecule is CNCCN(C)C(=O)c1ccc(C)c(S(C)(=O)=O)c1.Cl. The average Bonchev–Trinajstić information content (AvgIpc) is 2.34. The van der Waals surface area contributed by atoms with Crippen molar-refractivity contribution in [3.05, 3.63) is 29.3 Å². The van der Waals surface area contributed by atoms with Gasteiger partial charge in [0.25, 0.3) is 5.91 Å². The van der Waals surface area contributed by atoms with Crippen LogP contribution in [0.25, 0.3) is 0 Å². The number of nitrogens with zero attached hydrogens (tertiary/aromatic N) is 1. The maximum atomic E-state index is 12.1. The number of nitrogens with one attached hydrogen (secondary N) is 1. The summed E-state index contributed by atoms with van der Waals surface area (Å²) in [5.74, 6) is -0.180. The Balaban J connectivity index is 0.00000361. The highest BCUT2D eigenvalue weighted by atomic mass is 35.5. The van der Waals surface area contributed by atoms with E-state index in [9.17, 15) is 13.2 Å². The van der Waals surface area contributed by atoms with Gasteiger partial charge in [-0.2, -0.15) is 0 Å². The summed E-state index contributed by atoms with van der Waals surface area (Å²) >= 11 is 0. The van der Waals surface area contributed by atoms with E-state index in [1.807, 2.05) is 7.05 Å². The van der Waals surface area contributed by atoms with Crippen LogP contribution in [-0.4, -0.2) is 52.7 Å². The molecule has 0 saturated carbocycles. The van der Waals surface area contributed by atoms with E-state index >= 15 is 0 Å². The zero-order valence-electron chi connectivity index (χ0n) is 12.1. The molecule has 0 atom stereocenters. The van der Waals surface area contributed by atoms with E-state index in [-0.39, 0.29) is 23.2 Å². The van der Waals surface area contributed by atoms with E-state index in [4.69, 9.17) is 0 Å². The first-order valence-corrected chi connectivity index (χ1v) is 7.87. The van der Waals surface area contributed by atoms with Crippen LogP contribution in [0.3, 0.4) is 0 Å². The number of benzene rings is 1. The summed E-state index contributed by atoms with van der Waals surface area (Å²) < 4.78 is 23.3. The molecule has 1 aromatic rings. The first kappa shape index (κ1) is 18.9. The Morgan fingerprint density at radius 2 is 1.95 bits per heavy atom. The van der Waals surface area contributed by atoms with Crippen LogP contribution in [0.15, 0.2) is 23.1 Å². The lowest BCUT2D eigenvalue weighted by molar-refractivity contribution is 0.0796. The fraction of sp³-hybridized carbons (Fsp3) is 0.462. The van der Waals surface area contributed by atoms with Gasteiger partial charge in [0.15, 0.2) is 9.84 Å². The van der Waals surface area contributed by atoms with E-state index in [2.05, 4.69) is 5.32 Å². The fourth-order valence-corrected chi connectivity index (χ4v) is 2.73. The third-order valence-electron chi connectivity index (χ3n) is 2.88. The van der Waals surface area contributed by atoms with E-state index in [0.29, 0.717) is 24.2 Å². The minimum Gasteiger partial charge on any atom is -0.340 e. The van der Waals surface area contributed by atoms with Crippen LogP contribution in [0.1, 0.15) is 15.9 Å². The number of hydrogen-bond donors (Lipinski definition) is 1. The third-order valence-corrected chi connectivity index (χ3v) is 4.12. The molecule has 1 amide bonds. The minimum atomic E-state index is -3.32. The van der Waals surface area contributed by atoms with Gasteiger partial charge in [-0.1, -0.05) is 6.07 Å². The molecule has 0 aliphatic heterocycles. The predicted octanol–water partition coefficient (Wildman–Crippen LogP) is 1.11. The molecule has 5 nitrogen and oxygen atoms in total. The van der Waals surface area contributed by atoms with Gasteiger partial charge in [-0.15, -0.1) is 12.4 Å². The lowest BCUT2D eigenvalue weighted by atomic mass is 10.1. The molecule has 0 radical (unpaired) electrons. The van der Waals surface area contributed by atoms with Gasteiger partial charge in [-0.05, 0) is 31.7 Å². The van der Waals surface area contributed by atoms with Gasteiger partial charge in [0.05, 0.1) is 4.90 Å². The molecule has 0 fully saturated rings. The number of carbonyl (C=O) groups excluding carboxylic acids is 1. The van der Waals surface area contributed by atoms with Crippen LogP contribution in [0, 0.1) is 6.92 Å². The van der Waals surface area contributed by atoms with E-state index in [0.717, 1.165) is 6.26 Å². The fourth-order valence-electron chi connectivity index (χ4n) is 1.73. The molecule has 0 aliphatic carbocycles. The molecular formula is C13H21ClN2O3S. The topological polar surface area (TPSA) is 66.5 Å². The predicted molar refractivity (Wildman–Crippen MR) is 82.4 cm³/mol. The Hall–Kier alpha value is -1.11. The number of aryl methyl sites for hydroxylation is 1. The van der Waals surface area contributed by atoms with Gasteiger partial charge in [0.1, 0.15) is 0 Å². The molecule has 0 heterocycles. The highest BCUT2D eigenvalue weighted by Crippen LogP contribution is 2.17. The summed E-state index contributed by atoms with van der Waals surface area (Å²) in [7, 11) is 0.190. The highest BCUT2D eigenvalue weighted by molar-refractivity contribution is 7.90. The van der Waals surface area contributed by atoms with Gasteiger partial charge in [-0.3, -0.25) is 4.79 Å². The summed E-state index contributed by atoms with van der Waals surface area (Å²) in [4.78, 5) is 13.9. The second-order valence-electron chi connectivity index (χ2n) is 4.58. The van der Waals surface area contributed by atoms with Crippen molar-refractivity contribution in [3.8, 4) is 0 Å². The van der Waals surface area contributed by atoms with Crippen LogP contribution < -0.4 is 5.32 Å². The molecule has 0 aliphatic rings. The van der Waals surface area contributed by atoms with Crippen molar-refractivity contribution in [3.63, 3.8) is 0 Å². The van der Waals surface area contributed by atoms with Crippen LogP contribution in [-0.2, 0) is 9.84 Å². The van der Waals surface area contributed by atoms with Crippen molar-refractivity contribution >= 4 is 28.2 Å². The van der Waals surface area contributed by atoms with Crippen LogP contribution in [0.5, 0.6) is 0 Å². The van der Waals surface area contributed by atoms with E-state index < -0.39 is 9.84 Å². The normalized spacial score (nSPS) is 10.8. The summed E-state index contributed by atoms with van der Waals surface area (Å²) in [5.41, 5.74) is 1.04. The molecule has 114 valence electrons. The average molecular weight is 321 g/mol. The second-order valence-corrected chi connectivity index (χ2v) is 6.57. The molecule has 1 aromatic carbocycles. The lowest BCUT2D eigenvalue weighted by Gasteiger charge is -2.17. The van der Waals surface area contributed by atoms with Gasteiger partial charge < -0.3 is 10.2 Å². The van der Waals surface area contributed by atoms with Gasteiger partial charge in [-0.25, -0.2) is 8.42 Å². The number of amides is 1. The van der Waals surface area contributed by atoms with E-state index in [1.165, 1.54) is 6.07 Å². The largest absolute Gasteiger partial charge is 0.340 e. The quantitative estimate of drug-likeness (QED) is 0.882. The number of sulfone groups is 1. The molecule has 20 heavy (non-hydrogen) atoms. The number of likely N-dealkylation sites (N-methyl/N-ethyl adjacent to an activating group) is 2. The second kappa shape index (κ2) is 7.61. The molecule has 0 saturated heterocycles.